The molecule has 31 heavy (non-hydrogen) atoms. The van der Waals surface area contributed by atoms with Gasteiger partial charge in [-0.05, 0) is 6.42 Å². The van der Waals surface area contributed by atoms with E-state index in [1.54, 1.807) is 0 Å². The van der Waals surface area contributed by atoms with Crippen LogP contribution in [-0.4, -0.2) is 79.9 Å². The predicted molar refractivity (Wildman–Crippen MR) is 114 cm³/mol. The molecule has 0 aromatic rings. The first-order chi connectivity index (χ1) is 14.6. The molecule has 174 valence electrons. The number of carbonyl (C=O) groups excluding carboxylic acids is 5. The van der Waals surface area contributed by atoms with Crippen molar-refractivity contribution in [1.82, 2.24) is 31.0 Å². The van der Waals surface area contributed by atoms with Gasteiger partial charge in [-0.15, -0.1) is 0 Å². The lowest BCUT2D eigenvalue weighted by Gasteiger charge is -2.21. The zero-order valence-electron chi connectivity index (χ0n) is 17.9. The Morgan fingerprint density at radius 3 is 1.90 bits per heavy atom. The minimum Gasteiger partial charge on any atom is -0.356 e. The molecule has 0 aromatic carbocycles. The summed E-state index contributed by atoms with van der Waals surface area (Å²) >= 11 is 0. The number of hydrogen-bond donors (Lipinski definition) is 5. The van der Waals surface area contributed by atoms with E-state index in [1.165, 1.54) is 13.8 Å². The molecule has 0 saturated heterocycles. The molecule has 0 radical (unpaired) electrons. The first-order valence-corrected chi connectivity index (χ1v) is 11.9. The van der Waals surface area contributed by atoms with Crippen LogP contribution in [0.1, 0.15) is 26.7 Å². The maximum Gasteiger partial charge on any atom is 0.253 e. The zero-order valence-corrected chi connectivity index (χ0v) is 18.8. The smallest absolute Gasteiger partial charge is 0.253 e. The molecule has 12 nitrogen and oxygen atoms in total. The summed E-state index contributed by atoms with van der Waals surface area (Å²) in [5.74, 6) is -1.58. The second-order valence-electron chi connectivity index (χ2n) is 6.86. The van der Waals surface area contributed by atoms with Crippen LogP contribution in [0, 0.1) is 0 Å². The van der Waals surface area contributed by atoms with Gasteiger partial charge in [0.05, 0.1) is 0 Å². The van der Waals surface area contributed by atoms with E-state index in [2.05, 4.69) is 26.1 Å². The van der Waals surface area contributed by atoms with Crippen LogP contribution in [-0.2, 0) is 28.5 Å². The van der Waals surface area contributed by atoms with Gasteiger partial charge in [0, 0.05) is 77.9 Å². The van der Waals surface area contributed by atoms with E-state index in [-0.39, 0.29) is 49.9 Å². The third-order valence-corrected chi connectivity index (χ3v) is 6.58. The minimum atomic E-state index is -3.01. The molecule has 1 rings (SSSR count). The summed E-state index contributed by atoms with van der Waals surface area (Å²) in [6.07, 6.45) is 3.05. The molecule has 1 unspecified atom stereocenters. The number of hydrogen-bond acceptors (Lipinski definition) is 6. The Labute approximate surface area is 181 Å². The van der Waals surface area contributed by atoms with Gasteiger partial charge in [0.25, 0.3) is 11.8 Å². The van der Waals surface area contributed by atoms with Gasteiger partial charge in [0.2, 0.25) is 25.2 Å². The topological polar surface area (TPSA) is 166 Å². The van der Waals surface area contributed by atoms with Gasteiger partial charge in [-0.1, -0.05) is 0 Å². The highest BCUT2D eigenvalue weighted by molar-refractivity contribution is 7.59. The molecule has 1 aliphatic rings. The Bertz CT molecular complexity index is 712. The maximum atomic E-state index is 13.1. The van der Waals surface area contributed by atoms with Gasteiger partial charge in [0.1, 0.15) is 0 Å². The van der Waals surface area contributed by atoms with E-state index in [1.807, 2.05) is 0 Å². The molecule has 1 aliphatic heterocycles. The third kappa shape index (κ3) is 11.4. The largest absolute Gasteiger partial charge is 0.356 e. The molecule has 5 amide bonds. The molecule has 0 bridgehead atoms. The molecule has 0 aliphatic carbocycles. The SMILES string of the molecule is CC(=O)NCCCP(=O)(NCCNC(C)=O)NCCNC(=O)CCN1C(=O)C=CC1=O. The van der Waals surface area contributed by atoms with Crippen molar-refractivity contribution in [2.45, 2.75) is 26.7 Å². The van der Waals surface area contributed by atoms with Crippen LogP contribution >= 0.6 is 7.44 Å². The molecule has 0 spiro atoms. The van der Waals surface area contributed by atoms with Crippen LogP contribution in [0.2, 0.25) is 0 Å². The number of amides is 5. The fourth-order valence-corrected chi connectivity index (χ4v) is 4.62. The van der Waals surface area contributed by atoms with E-state index in [9.17, 15) is 28.5 Å². The number of nitrogens with zero attached hydrogens (tertiary/aromatic N) is 1. The summed E-state index contributed by atoms with van der Waals surface area (Å²) < 4.78 is 13.1. The number of imide groups is 1. The Kier molecular flexibility index (Phi) is 11.7. The summed E-state index contributed by atoms with van der Waals surface area (Å²) in [6, 6.07) is 0. The molecule has 1 heterocycles. The summed E-state index contributed by atoms with van der Waals surface area (Å²) in [7, 11) is -3.01. The highest BCUT2D eigenvalue weighted by Crippen LogP contribution is 2.35. The first-order valence-electron chi connectivity index (χ1n) is 10.0. The van der Waals surface area contributed by atoms with Crippen molar-refractivity contribution in [3.63, 3.8) is 0 Å². The molecule has 0 saturated carbocycles. The van der Waals surface area contributed by atoms with Crippen molar-refractivity contribution in [2.24, 2.45) is 0 Å². The van der Waals surface area contributed by atoms with Gasteiger partial charge in [-0.3, -0.25) is 43.6 Å². The fraction of sp³-hybridized carbons (Fsp3) is 0.611. The first kappa shape index (κ1) is 26.5. The van der Waals surface area contributed by atoms with E-state index < -0.39 is 19.3 Å². The zero-order chi connectivity index (χ0) is 23.3. The second-order valence-corrected chi connectivity index (χ2v) is 9.42. The van der Waals surface area contributed by atoms with Crippen LogP contribution in [0.5, 0.6) is 0 Å². The van der Waals surface area contributed by atoms with Crippen LogP contribution in [0.3, 0.4) is 0 Å². The summed E-state index contributed by atoms with van der Waals surface area (Å²) in [6.45, 7) is 4.19. The van der Waals surface area contributed by atoms with E-state index in [0.29, 0.717) is 26.1 Å². The quantitative estimate of drug-likeness (QED) is 0.112. The van der Waals surface area contributed by atoms with Crippen LogP contribution in [0.4, 0.5) is 0 Å². The highest BCUT2D eigenvalue weighted by atomic mass is 31.2. The van der Waals surface area contributed by atoms with Crippen molar-refractivity contribution < 1.29 is 28.5 Å². The normalized spacial score (nSPS) is 15.0. The molecule has 0 aromatic heterocycles. The lowest BCUT2D eigenvalue weighted by Crippen LogP contribution is -2.38. The van der Waals surface area contributed by atoms with Crippen LogP contribution < -0.4 is 26.1 Å². The van der Waals surface area contributed by atoms with Crippen LogP contribution in [0.15, 0.2) is 12.2 Å². The number of rotatable bonds is 15. The second kappa shape index (κ2) is 13.7. The van der Waals surface area contributed by atoms with Gasteiger partial charge >= 0.3 is 0 Å². The van der Waals surface area contributed by atoms with E-state index in [0.717, 1.165) is 17.1 Å². The average Bonchev–Trinajstić information content (AvgIpc) is 3.02. The Hall–Kier alpha value is -2.56. The molecule has 13 heteroatoms. The number of nitrogens with one attached hydrogen (secondary N) is 5. The molecular formula is C18H31N6O6P. The minimum absolute atomic E-state index is 0.00370. The Balaban J connectivity index is 2.36. The van der Waals surface area contributed by atoms with Crippen molar-refractivity contribution in [2.75, 3.05) is 45.4 Å². The fourth-order valence-electron chi connectivity index (χ4n) is 2.65. The van der Waals surface area contributed by atoms with E-state index >= 15 is 0 Å². The standard InChI is InChI=1S/C18H31N6O6P/c1-14(25)19-7-3-13-31(30,22-10-8-20-15(2)26)23-11-9-21-16(27)6-12-24-17(28)4-5-18(24)29/h4-5H,3,6-13H2,1-2H3,(H,19,25)(H,20,26)(H,21,27)(H2,22,23,30). The predicted octanol–water partition coefficient (Wildman–Crippen LogP) is -1.55. The molecule has 1 atom stereocenters. The summed E-state index contributed by atoms with van der Waals surface area (Å²) in [5.41, 5.74) is 0. The monoisotopic (exact) mass is 458 g/mol. The van der Waals surface area contributed by atoms with Gasteiger partial charge in [0.15, 0.2) is 0 Å². The maximum absolute atomic E-state index is 13.1. The van der Waals surface area contributed by atoms with E-state index in [4.69, 9.17) is 0 Å². The van der Waals surface area contributed by atoms with Crippen molar-refractivity contribution in [3.05, 3.63) is 12.2 Å². The van der Waals surface area contributed by atoms with Crippen LogP contribution in [0.25, 0.3) is 0 Å². The number of carbonyl (C=O) groups is 5. The molecular weight excluding hydrogens is 427 g/mol. The molecule has 0 fully saturated rings. The lowest BCUT2D eigenvalue weighted by atomic mass is 10.3. The Morgan fingerprint density at radius 1 is 0.839 bits per heavy atom. The van der Waals surface area contributed by atoms with Gasteiger partial charge < -0.3 is 16.0 Å². The Morgan fingerprint density at radius 2 is 1.35 bits per heavy atom. The molecule has 5 N–H and O–H groups in total. The van der Waals surface area contributed by atoms with Crippen molar-refractivity contribution in [3.8, 4) is 0 Å². The van der Waals surface area contributed by atoms with Crippen molar-refractivity contribution >= 4 is 37.0 Å². The third-order valence-electron chi connectivity index (χ3n) is 4.17. The van der Waals surface area contributed by atoms with Gasteiger partial charge in [-0.25, -0.2) is 0 Å². The average molecular weight is 458 g/mol. The van der Waals surface area contributed by atoms with Crippen molar-refractivity contribution in [1.29, 1.82) is 0 Å². The highest BCUT2D eigenvalue weighted by Gasteiger charge is 2.24. The summed E-state index contributed by atoms with van der Waals surface area (Å²) in [4.78, 5) is 57.7. The lowest BCUT2D eigenvalue weighted by molar-refractivity contribution is -0.137. The van der Waals surface area contributed by atoms with Gasteiger partial charge in [-0.2, -0.15) is 0 Å². The summed E-state index contributed by atoms with van der Waals surface area (Å²) in [5, 5.41) is 13.7.